The molecular weight excluding hydrogens is 373 g/mol. The molecule has 0 fully saturated rings. The standard InChI is InChI=1S/C15H12Cl3N5O/c1-22-14(13(18)6-19-22)15(24)21-10-5-20-23(8-10)7-9-2-3-11(16)12(17)4-9/h2-6,8H,7H2,1H3,(H,21,24). The molecule has 0 radical (unpaired) electrons. The van der Waals surface area contributed by atoms with Gasteiger partial charge >= 0.3 is 0 Å². The van der Waals surface area contributed by atoms with Gasteiger partial charge in [-0.25, -0.2) is 0 Å². The van der Waals surface area contributed by atoms with Crippen molar-refractivity contribution >= 4 is 46.4 Å². The highest BCUT2D eigenvalue weighted by molar-refractivity contribution is 6.42. The molecule has 0 unspecified atom stereocenters. The summed E-state index contributed by atoms with van der Waals surface area (Å²) >= 11 is 17.9. The Morgan fingerprint density at radius 2 is 1.92 bits per heavy atom. The van der Waals surface area contributed by atoms with Crippen LogP contribution < -0.4 is 5.32 Å². The van der Waals surface area contributed by atoms with E-state index in [9.17, 15) is 4.79 Å². The molecule has 6 nitrogen and oxygen atoms in total. The van der Waals surface area contributed by atoms with Crippen molar-refractivity contribution in [1.82, 2.24) is 19.6 Å². The molecule has 24 heavy (non-hydrogen) atoms. The first-order valence-corrected chi connectivity index (χ1v) is 8.02. The number of halogens is 3. The monoisotopic (exact) mass is 383 g/mol. The van der Waals surface area contributed by atoms with Crippen molar-refractivity contribution in [2.75, 3.05) is 5.32 Å². The average Bonchev–Trinajstić information content (AvgIpc) is 3.09. The van der Waals surface area contributed by atoms with Crippen LogP contribution in [-0.4, -0.2) is 25.5 Å². The normalized spacial score (nSPS) is 10.8. The predicted molar refractivity (Wildman–Crippen MR) is 94.0 cm³/mol. The Kier molecular flexibility index (Phi) is 4.80. The molecule has 0 bridgehead atoms. The van der Waals surface area contributed by atoms with Crippen molar-refractivity contribution in [2.45, 2.75) is 6.54 Å². The molecule has 1 amide bonds. The molecule has 0 atom stereocenters. The summed E-state index contributed by atoms with van der Waals surface area (Å²) in [5.41, 5.74) is 1.78. The minimum absolute atomic E-state index is 0.286. The average molecular weight is 385 g/mol. The fourth-order valence-corrected chi connectivity index (χ4v) is 2.77. The molecule has 3 rings (SSSR count). The summed E-state index contributed by atoms with van der Waals surface area (Å²) in [4.78, 5) is 12.2. The Balaban J connectivity index is 1.71. The molecule has 0 aliphatic carbocycles. The van der Waals surface area contributed by atoms with E-state index in [1.807, 2.05) is 6.07 Å². The summed E-state index contributed by atoms with van der Waals surface area (Å²) in [7, 11) is 1.65. The molecule has 2 aromatic heterocycles. The third-order valence-electron chi connectivity index (χ3n) is 3.33. The summed E-state index contributed by atoms with van der Waals surface area (Å²) in [6.45, 7) is 0.499. The fraction of sp³-hybridized carbons (Fsp3) is 0.133. The van der Waals surface area contributed by atoms with Crippen molar-refractivity contribution in [2.24, 2.45) is 7.05 Å². The van der Waals surface area contributed by atoms with E-state index in [2.05, 4.69) is 15.5 Å². The van der Waals surface area contributed by atoms with E-state index in [1.54, 1.807) is 36.3 Å². The molecule has 0 aliphatic rings. The Morgan fingerprint density at radius 1 is 1.12 bits per heavy atom. The number of rotatable bonds is 4. The molecule has 0 saturated carbocycles. The van der Waals surface area contributed by atoms with Crippen molar-refractivity contribution in [1.29, 1.82) is 0 Å². The SMILES string of the molecule is Cn1ncc(Cl)c1C(=O)Nc1cnn(Cc2ccc(Cl)c(Cl)c2)c1. The molecule has 0 aliphatic heterocycles. The Morgan fingerprint density at radius 3 is 2.58 bits per heavy atom. The van der Waals surface area contributed by atoms with Crippen molar-refractivity contribution in [3.05, 3.63) is 63.1 Å². The van der Waals surface area contributed by atoms with Gasteiger partial charge in [-0.15, -0.1) is 0 Å². The van der Waals surface area contributed by atoms with Crippen LogP contribution in [0.5, 0.6) is 0 Å². The summed E-state index contributed by atoms with van der Waals surface area (Å²) < 4.78 is 3.10. The number of benzene rings is 1. The maximum atomic E-state index is 12.2. The maximum Gasteiger partial charge on any atom is 0.275 e. The number of hydrogen-bond donors (Lipinski definition) is 1. The zero-order valence-electron chi connectivity index (χ0n) is 12.5. The van der Waals surface area contributed by atoms with Crippen molar-refractivity contribution < 1.29 is 4.79 Å². The Hall–Kier alpha value is -2.02. The van der Waals surface area contributed by atoms with E-state index in [4.69, 9.17) is 34.8 Å². The summed E-state index contributed by atoms with van der Waals surface area (Å²) in [5.74, 6) is -0.353. The minimum Gasteiger partial charge on any atom is -0.318 e. The van der Waals surface area contributed by atoms with Gasteiger partial charge in [-0.2, -0.15) is 10.2 Å². The molecular formula is C15H12Cl3N5O. The molecule has 0 spiro atoms. The van der Waals surface area contributed by atoms with Gasteiger partial charge in [0.05, 0.1) is 39.7 Å². The van der Waals surface area contributed by atoms with Gasteiger partial charge in [0.1, 0.15) is 5.69 Å². The smallest absolute Gasteiger partial charge is 0.275 e. The van der Waals surface area contributed by atoms with E-state index in [0.29, 0.717) is 22.3 Å². The van der Waals surface area contributed by atoms with Gasteiger partial charge in [0, 0.05) is 13.2 Å². The van der Waals surface area contributed by atoms with Crippen LogP contribution in [0, 0.1) is 0 Å². The maximum absolute atomic E-state index is 12.2. The highest BCUT2D eigenvalue weighted by Gasteiger charge is 2.16. The number of carbonyl (C=O) groups is 1. The van der Waals surface area contributed by atoms with Crippen molar-refractivity contribution in [3.63, 3.8) is 0 Å². The Labute approximate surface area is 152 Å². The second kappa shape index (κ2) is 6.84. The van der Waals surface area contributed by atoms with Gasteiger partial charge in [-0.1, -0.05) is 40.9 Å². The number of anilines is 1. The van der Waals surface area contributed by atoms with Crippen LogP contribution in [-0.2, 0) is 13.6 Å². The topological polar surface area (TPSA) is 64.7 Å². The number of aryl methyl sites for hydroxylation is 1. The summed E-state index contributed by atoms with van der Waals surface area (Å²) in [5, 5.41) is 12.2. The van der Waals surface area contributed by atoms with Gasteiger partial charge in [-0.3, -0.25) is 14.2 Å². The molecule has 1 aromatic carbocycles. The second-order valence-corrected chi connectivity index (χ2v) is 6.32. The van der Waals surface area contributed by atoms with E-state index in [1.165, 1.54) is 10.9 Å². The molecule has 2 heterocycles. The molecule has 3 aromatic rings. The van der Waals surface area contributed by atoms with E-state index in [0.717, 1.165) is 5.56 Å². The lowest BCUT2D eigenvalue weighted by atomic mass is 10.2. The highest BCUT2D eigenvalue weighted by atomic mass is 35.5. The van der Waals surface area contributed by atoms with Crippen LogP contribution in [0.3, 0.4) is 0 Å². The summed E-state index contributed by atoms with van der Waals surface area (Å²) in [6, 6.07) is 5.37. The van der Waals surface area contributed by atoms with E-state index >= 15 is 0 Å². The summed E-state index contributed by atoms with van der Waals surface area (Å²) in [6.07, 6.45) is 4.69. The van der Waals surface area contributed by atoms with Crippen LogP contribution in [0.1, 0.15) is 16.1 Å². The second-order valence-electron chi connectivity index (χ2n) is 5.09. The third kappa shape index (κ3) is 3.56. The fourth-order valence-electron chi connectivity index (χ4n) is 2.20. The van der Waals surface area contributed by atoms with Gasteiger partial charge in [0.15, 0.2) is 0 Å². The number of amides is 1. The minimum atomic E-state index is -0.353. The van der Waals surface area contributed by atoms with Crippen LogP contribution in [0.25, 0.3) is 0 Å². The number of carbonyl (C=O) groups excluding carboxylic acids is 1. The van der Waals surface area contributed by atoms with Gasteiger partial charge in [0.25, 0.3) is 5.91 Å². The van der Waals surface area contributed by atoms with E-state index < -0.39 is 0 Å². The lowest BCUT2D eigenvalue weighted by molar-refractivity contribution is 0.101. The molecule has 0 saturated heterocycles. The predicted octanol–water partition coefficient (Wildman–Crippen LogP) is 3.88. The van der Waals surface area contributed by atoms with Crippen LogP contribution >= 0.6 is 34.8 Å². The molecule has 1 N–H and O–H groups in total. The number of nitrogens with zero attached hydrogens (tertiary/aromatic N) is 4. The first-order chi connectivity index (χ1) is 11.4. The number of aromatic nitrogens is 4. The van der Waals surface area contributed by atoms with Gasteiger partial charge in [0.2, 0.25) is 0 Å². The lowest BCUT2D eigenvalue weighted by Crippen LogP contribution is -2.16. The Bertz CT molecular complexity index is 883. The first-order valence-electron chi connectivity index (χ1n) is 6.89. The van der Waals surface area contributed by atoms with E-state index in [-0.39, 0.29) is 16.6 Å². The van der Waals surface area contributed by atoms with Crippen LogP contribution in [0.2, 0.25) is 15.1 Å². The van der Waals surface area contributed by atoms with Gasteiger partial charge < -0.3 is 5.32 Å². The zero-order chi connectivity index (χ0) is 17.3. The first kappa shape index (κ1) is 16.8. The number of hydrogen-bond acceptors (Lipinski definition) is 3. The molecule has 124 valence electrons. The zero-order valence-corrected chi connectivity index (χ0v) is 14.8. The van der Waals surface area contributed by atoms with Gasteiger partial charge in [-0.05, 0) is 17.7 Å². The largest absolute Gasteiger partial charge is 0.318 e. The third-order valence-corrected chi connectivity index (χ3v) is 4.34. The lowest BCUT2D eigenvalue weighted by Gasteiger charge is -2.04. The highest BCUT2D eigenvalue weighted by Crippen LogP contribution is 2.23. The number of nitrogens with one attached hydrogen (secondary N) is 1. The van der Waals surface area contributed by atoms with Crippen molar-refractivity contribution in [3.8, 4) is 0 Å². The van der Waals surface area contributed by atoms with Crippen LogP contribution in [0.4, 0.5) is 5.69 Å². The molecule has 9 heteroatoms. The van der Waals surface area contributed by atoms with Crippen LogP contribution in [0.15, 0.2) is 36.8 Å². The quantitative estimate of drug-likeness (QED) is 0.742.